The molecule has 0 aliphatic carbocycles. The average molecular weight is 389 g/mol. The van der Waals surface area contributed by atoms with Crippen molar-refractivity contribution in [2.24, 2.45) is 11.8 Å². The molecule has 154 valence electrons. The summed E-state index contributed by atoms with van der Waals surface area (Å²) in [6.45, 7) is 9.29. The van der Waals surface area contributed by atoms with Crippen LogP contribution in [0.25, 0.3) is 0 Å². The molecule has 2 rings (SSSR count). The van der Waals surface area contributed by atoms with Crippen molar-refractivity contribution in [2.45, 2.75) is 34.0 Å². The number of ether oxygens (including phenoxy) is 2. The summed E-state index contributed by atoms with van der Waals surface area (Å²) in [5.41, 5.74) is 2.42. The van der Waals surface area contributed by atoms with Gasteiger partial charge in [0.1, 0.15) is 0 Å². The van der Waals surface area contributed by atoms with E-state index in [0.29, 0.717) is 19.1 Å². The summed E-state index contributed by atoms with van der Waals surface area (Å²) in [5, 5.41) is 8.75. The Labute approximate surface area is 168 Å². The van der Waals surface area contributed by atoms with Crippen LogP contribution in [0.2, 0.25) is 0 Å². The van der Waals surface area contributed by atoms with Crippen LogP contribution >= 0.6 is 0 Å². The number of rotatable bonds is 9. The number of hydrogen-bond donors (Lipinski definition) is 1. The molecule has 2 aromatic rings. The molecule has 1 atom stereocenters. The zero-order chi connectivity index (χ0) is 21.0. The molecule has 0 heterocycles. The predicted molar refractivity (Wildman–Crippen MR) is 108 cm³/mol. The van der Waals surface area contributed by atoms with Gasteiger partial charge in [0.05, 0.1) is 19.8 Å². The zero-order valence-electron chi connectivity index (χ0n) is 17.0. The lowest BCUT2D eigenvalue weighted by molar-refractivity contribution is -0.191. The largest absolute Gasteiger partial charge is 0.396 e. The molecular formula is C23H32O5. The average Bonchev–Trinajstić information content (AvgIpc) is 2.70. The standard InChI is InChI=1S/C11H16O2.C11H16O.CO2/c1-10(7-12)8-13-9-11-5-3-2-4-6-11;1-10(2)8-12-9-11-6-4-3-5-7-11;2-1-3/h2-6,10,12H,7-9H2,1H3;3-7,10H,8-9H2,1-2H3;/t10-;;/m0../s1. The Morgan fingerprint density at radius 3 is 1.54 bits per heavy atom. The second-order valence-corrected chi connectivity index (χ2v) is 6.77. The highest BCUT2D eigenvalue weighted by molar-refractivity contribution is 5.20. The normalized spacial score (nSPS) is 10.8. The minimum Gasteiger partial charge on any atom is -0.396 e. The van der Waals surface area contributed by atoms with E-state index in [0.717, 1.165) is 13.2 Å². The van der Waals surface area contributed by atoms with E-state index in [1.165, 1.54) is 11.1 Å². The summed E-state index contributed by atoms with van der Waals surface area (Å²) >= 11 is 0. The first-order valence-corrected chi connectivity index (χ1v) is 9.36. The third kappa shape index (κ3) is 15.9. The topological polar surface area (TPSA) is 72.8 Å². The van der Waals surface area contributed by atoms with E-state index in [1.807, 2.05) is 55.5 Å². The Morgan fingerprint density at radius 1 is 0.786 bits per heavy atom. The summed E-state index contributed by atoms with van der Waals surface area (Å²) in [6, 6.07) is 20.3. The quantitative estimate of drug-likeness (QED) is 0.700. The van der Waals surface area contributed by atoms with E-state index < -0.39 is 0 Å². The Balaban J connectivity index is 0.000000458. The fourth-order valence-corrected chi connectivity index (χ4v) is 1.99. The Hall–Kier alpha value is -2.30. The van der Waals surface area contributed by atoms with Crippen LogP contribution in [-0.4, -0.2) is 31.1 Å². The summed E-state index contributed by atoms with van der Waals surface area (Å²) in [4.78, 5) is 16.2. The van der Waals surface area contributed by atoms with E-state index in [2.05, 4.69) is 26.0 Å². The molecule has 0 spiro atoms. The molecule has 0 aliphatic heterocycles. The van der Waals surface area contributed by atoms with Crippen LogP contribution in [0.4, 0.5) is 0 Å². The molecule has 0 aliphatic rings. The maximum atomic E-state index is 8.75. The minimum absolute atomic E-state index is 0.189. The van der Waals surface area contributed by atoms with Gasteiger partial charge in [-0.1, -0.05) is 81.4 Å². The van der Waals surface area contributed by atoms with Crippen LogP contribution in [0.5, 0.6) is 0 Å². The van der Waals surface area contributed by atoms with Crippen molar-refractivity contribution in [1.29, 1.82) is 0 Å². The van der Waals surface area contributed by atoms with E-state index >= 15 is 0 Å². The Morgan fingerprint density at radius 2 is 1.18 bits per heavy atom. The van der Waals surface area contributed by atoms with Crippen molar-refractivity contribution in [1.82, 2.24) is 0 Å². The van der Waals surface area contributed by atoms with Gasteiger partial charge in [-0.25, -0.2) is 0 Å². The van der Waals surface area contributed by atoms with Crippen molar-refractivity contribution in [3.05, 3.63) is 71.8 Å². The molecule has 5 heteroatoms. The van der Waals surface area contributed by atoms with Gasteiger partial charge in [0, 0.05) is 19.1 Å². The summed E-state index contributed by atoms with van der Waals surface area (Å²) in [6.07, 6.45) is 0.250. The van der Waals surface area contributed by atoms with Gasteiger partial charge in [-0.15, -0.1) is 0 Å². The Bertz CT molecular complexity index is 607. The van der Waals surface area contributed by atoms with Crippen LogP contribution in [0.1, 0.15) is 31.9 Å². The summed E-state index contributed by atoms with van der Waals surface area (Å²) in [7, 11) is 0. The van der Waals surface area contributed by atoms with Crippen molar-refractivity contribution in [2.75, 3.05) is 19.8 Å². The lowest BCUT2D eigenvalue weighted by Gasteiger charge is -2.08. The predicted octanol–water partition coefficient (Wildman–Crippen LogP) is 4.11. The van der Waals surface area contributed by atoms with E-state index in [4.69, 9.17) is 24.2 Å². The fourth-order valence-electron chi connectivity index (χ4n) is 1.99. The monoisotopic (exact) mass is 388 g/mol. The van der Waals surface area contributed by atoms with Gasteiger partial charge < -0.3 is 14.6 Å². The number of aliphatic hydroxyl groups is 1. The molecule has 0 unspecified atom stereocenters. The molecule has 0 saturated carbocycles. The summed E-state index contributed by atoms with van der Waals surface area (Å²) in [5.74, 6) is 0.845. The van der Waals surface area contributed by atoms with Gasteiger partial charge >= 0.3 is 6.15 Å². The van der Waals surface area contributed by atoms with Crippen LogP contribution in [-0.2, 0) is 32.3 Å². The molecule has 0 bridgehead atoms. The van der Waals surface area contributed by atoms with E-state index in [-0.39, 0.29) is 18.7 Å². The van der Waals surface area contributed by atoms with Gasteiger partial charge in [-0.2, -0.15) is 9.59 Å². The SMILES string of the molecule is CC(C)COCc1ccccc1.C[C@@H](CO)COCc1ccccc1.O=C=O. The molecule has 1 N–H and O–H groups in total. The Kier molecular flexibility index (Phi) is 16.6. The van der Waals surface area contributed by atoms with Gasteiger partial charge in [-0.3, -0.25) is 0 Å². The lowest BCUT2D eigenvalue weighted by Crippen LogP contribution is -2.09. The lowest BCUT2D eigenvalue weighted by atomic mass is 10.2. The van der Waals surface area contributed by atoms with Crippen molar-refractivity contribution in [3.8, 4) is 0 Å². The third-order valence-electron chi connectivity index (χ3n) is 3.39. The fraction of sp³-hybridized carbons (Fsp3) is 0.435. The first kappa shape index (κ1) is 25.7. The zero-order valence-corrected chi connectivity index (χ0v) is 17.0. The van der Waals surface area contributed by atoms with Crippen molar-refractivity contribution >= 4 is 6.15 Å². The highest BCUT2D eigenvalue weighted by Crippen LogP contribution is 2.03. The van der Waals surface area contributed by atoms with Gasteiger partial charge in [0.15, 0.2) is 0 Å². The van der Waals surface area contributed by atoms with Gasteiger partial charge in [0.2, 0.25) is 0 Å². The first-order chi connectivity index (χ1) is 13.5. The second kappa shape index (κ2) is 18.1. The van der Waals surface area contributed by atoms with Crippen LogP contribution in [0.15, 0.2) is 60.7 Å². The molecule has 0 aromatic heterocycles. The van der Waals surface area contributed by atoms with Crippen molar-refractivity contribution in [3.63, 3.8) is 0 Å². The molecule has 28 heavy (non-hydrogen) atoms. The maximum Gasteiger partial charge on any atom is 0.373 e. The van der Waals surface area contributed by atoms with Crippen molar-refractivity contribution < 1.29 is 24.2 Å². The molecule has 0 saturated heterocycles. The van der Waals surface area contributed by atoms with Gasteiger partial charge in [-0.05, 0) is 17.0 Å². The molecule has 0 fully saturated rings. The molecule has 5 nitrogen and oxygen atoms in total. The number of aliphatic hydroxyl groups excluding tert-OH is 1. The second-order valence-electron chi connectivity index (χ2n) is 6.77. The number of carbonyl (C=O) groups excluding carboxylic acids is 2. The van der Waals surface area contributed by atoms with E-state index in [1.54, 1.807) is 0 Å². The highest BCUT2D eigenvalue weighted by atomic mass is 16.5. The minimum atomic E-state index is 0.189. The van der Waals surface area contributed by atoms with E-state index in [9.17, 15) is 0 Å². The third-order valence-corrected chi connectivity index (χ3v) is 3.39. The molecule has 0 amide bonds. The number of hydrogen-bond acceptors (Lipinski definition) is 5. The van der Waals surface area contributed by atoms with Gasteiger partial charge in [0.25, 0.3) is 0 Å². The number of benzene rings is 2. The molecule has 0 radical (unpaired) electrons. The van der Waals surface area contributed by atoms with Crippen LogP contribution in [0.3, 0.4) is 0 Å². The highest BCUT2D eigenvalue weighted by Gasteiger charge is 1.99. The smallest absolute Gasteiger partial charge is 0.373 e. The molecular weight excluding hydrogens is 356 g/mol. The first-order valence-electron chi connectivity index (χ1n) is 9.36. The molecule has 2 aromatic carbocycles. The summed E-state index contributed by atoms with van der Waals surface area (Å²) < 4.78 is 10.9. The van der Waals surface area contributed by atoms with Crippen LogP contribution < -0.4 is 0 Å². The maximum absolute atomic E-state index is 8.75. The van der Waals surface area contributed by atoms with Crippen LogP contribution in [0, 0.1) is 11.8 Å².